The van der Waals surface area contributed by atoms with Gasteiger partial charge in [-0.15, -0.1) is 0 Å². The molecule has 0 aliphatic heterocycles. The average Bonchev–Trinajstić information content (AvgIpc) is 2.95. The van der Waals surface area contributed by atoms with Gasteiger partial charge in [0.1, 0.15) is 11.6 Å². The Kier molecular flexibility index (Phi) is 14.4. The highest BCUT2D eigenvalue weighted by molar-refractivity contribution is 6.03. The third-order valence-corrected chi connectivity index (χ3v) is 8.46. The van der Waals surface area contributed by atoms with Crippen molar-refractivity contribution in [2.45, 2.75) is 136 Å². The van der Waals surface area contributed by atoms with Gasteiger partial charge in [0.15, 0.2) is 5.82 Å². The predicted molar refractivity (Wildman–Crippen MR) is 162 cm³/mol. The van der Waals surface area contributed by atoms with Crippen LogP contribution in [0.4, 0.5) is 0 Å². The van der Waals surface area contributed by atoms with Crippen molar-refractivity contribution in [1.82, 2.24) is 9.97 Å². The summed E-state index contributed by atoms with van der Waals surface area (Å²) in [7, 11) is 0. The summed E-state index contributed by atoms with van der Waals surface area (Å²) in [5.41, 5.74) is 3.11. The number of carbonyl (C=O) groups excluding carboxylic acids is 2. The highest BCUT2D eigenvalue weighted by atomic mass is 16.1. The zero-order chi connectivity index (χ0) is 27.7. The molecule has 2 aromatic rings. The summed E-state index contributed by atoms with van der Waals surface area (Å²) in [6.07, 6.45) is 25.7. The van der Waals surface area contributed by atoms with Crippen molar-refractivity contribution in [1.29, 1.82) is 0 Å². The largest absolute Gasteiger partial charge is 0.299 e. The van der Waals surface area contributed by atoms with Crippen molar-refractivity contribution in [2.75, 3.05) is 0 Å². The summed E-state index contributed by atoms with van der Waals surface area (Å²) in [6, 6.07) is 7.95. The topological polar surface area (TPSA) is 59.9 Å². The number of carbonyl (C=O) groups is 2. The van der Waals surface area contributed by atoms with Crippen LogP contribution in [0.1, 0.15) is 134 Å². The maximum Gasteiger partial charge on any atom is 0.159 e. The highest BCUT2D eigenvalue weighted by Gasteiger charge is 2.32. The van der Waals surface area contributed by atoms with E-state index in [1.807, 2.05) is 36.7 Å². The van der Waals surface area contributed by atoms with Crippen molar-refractivity contribution < 1.29 is 9.59 Å². The highest BCUT2D eigenvalue weighted by Crippen LogP contribution is 2.31. The van der Waals surface area contributed by atoms with Gasteiger partial charge in [-0.05, 0) is 42.7 Å². The first kappa shape index (κ1) is 31.2. The Labute approximate surface area is 237 Å². The van der Waals surface area contributed by atoms with E-state index in [2.05, 4.69) is 23.8 Å². The molecule has 0 bridgehead atoms. The van der Waals surface area contributed by atoms with Crippen molar-refractivity contribution in [2.24, 2.45) is 11.8 Å². The van der Waals surface area contributed by atoms with Crippen LogP contribution >= 0.6 is 0 Å². The van der Waals surface area contributed by atoms with Gasteiger partial charge in [-0.25, -0.2) is 9.97 Å². The van der Waals surface area contributed by atoms with Gasteiger partial charge in [-0.3, -0.25) is 9.59 Å². The molecule has 0 saturated heterocycles. The van der Waals surface area contributed by atoms with Crippen molar-refractivity contribution in [3.8, 4) is 11.4 Å². The number of aryl methyl sites for hydroxylation is 1. The summed E-state index contributed by atoms with van der Waals surface area (Å²) in [6.45, 7) is 4.49. The molecule has 1 aliphatic carbocycles. The number of hydrogen-bond acceptors (Lipinski definition) is 4. The molecule has 0 amide bonds. The van der Waals surface area contributed by atoms with Crippen LogP contribution in [0.5, 0.6) is 0 Å². The Morgan fingerprint density at radius 1 is 0.744 bits per heavy atom. The van der Waals surface area contributed by atoms with E-state index in [-0.39, 0.29) is 11.6 Å². The maximum atomic E-state index is 13.0. The number of ketones is 2. The molecule has 4 heteroatoms. The van der Waals surface area contributed by atoms with Crippen molar-refractivity contribution in [3.05, 3.63) is 47.8 Å². The normalized spacial score (nSPS) is 17.4. The molecule has 2 atom stereocenters. The second-order valence-electron chi connectivity index (χ2n) is 11.8. The van der Waals surface area contributed by atoms with Crippen LogP contribution < -0.4 is 0 Å². The van der Waals surface area contributed by atoms with E-state index in [4.69, 9.17) is 0 Å². The molecule has 1 aromatic carbocycles. The molecule has 1 saturated carbocycles. The molecule has 0 radical (unpaired) electrons. The van der Waals surface area contributed by atoms with E-state index < -0.39 is 5.92 Å². The number of unbranched alkanes of at least 4 members (excludes halogenated alkanes) is 11. The monoisotopic (exact) mass is 532 g/mol. The third-order valence-electron chi connectivity index (χ3n) is 8.46. The van der Waals surface area contributed by atoms with Crippen molar-refractivity contribution in [3.63, 3.8) is 0 Å². The number of aromatic nitrogens is 2. The zero-order valence-electron chi connectivity index (χ0n) is 24.8. The fraction of sp³-hybridized carbons (Fsp3) is 0.657. The van der Waals surface area contributed by atoms with E-state index in [1.54, 1.807) is 0 Å². The summed E-state index contributed by atoms with van der Waals surface area (Å²) < 4.78 is 0. The first-order valence-electron chi connectivity index (χ1n) is 16.1. The van der Waals surface area contributed by atoms with Gasteiger partial charge in [-0.1, -0.05) is 122 Å². The second kappa shape index (κ2) is 18.1. The van der Waals surface area contributed by atoms with Crippen LogP contribution in [-0.4, -0.2) is 21.5 Å². The molecule has 1 aliphatic rings. The lowest BCUT2D eigenvalue weighted by Crippen LogP contribution is -2.32. The molecule has 1 fully saturated rings. The second-order valence-corrected chi connectivity index (χ2v) is 11.8. The lowest BCUT2D eigenvalue weighted by molar-refractivity contribution is -0.135. The quantitative estimate of drug-likeness (QED) is 0.134. The Morgan fingerprint density at radius 3 is 1.95 bits per heavy atom. The van der Waals surface area contributed by atoms with Gasteiger partial charge in [0.2, 0.25) is 0 Å². The Bertz CT molecular complexity index is 967. The maximum absolute atomic E-state index is 13.0. The van der Waals surface area contributed by atoms with E-state index in [0.29, 0.717) is 18.8 Å². The minimum atomic E-state index is -0.405. The first-order chi connectivity index (χ1) is 19.1. The van der Waals surface area contributed by atoms with Crippen LogP contribution in [-0.2, 0) is 22.4 Å². The minimum absolute atomic E-state index is 0.0794. The number of benzene rings is 1. The number of Topliss-reactive ketones (excluding diaryl/α,β-unsaturated/α-hetero) is 2. The van der Waals surface area contributed by atoms with E-state index in [1.165, 1.54) is 89.0 Å². The van der Waals surface area contributed by atoms with Gasteiger partial charge >= 0.3 is 0 Å². The summed E-state index contributed by atoms with van der Waals surface area (Å²) >= 11 is 0. The van der Waals surface area contributed by atoms with Crippen molar-refractivity contribution >= 4 is 11.6 Å². The molecular formula is C35H52N2O2. The van der Waals surface area contributed by atoms with Gasteiger partial charge in [0, 0.05) is 30.8 Å². The predicted octanol–water partition coefficient (Wildman–Crippen LogP) is 9.28. The van der Waals surface area contributed by atoms with Gasteiger partial charge in [0.05, 0.1) is 5.92 Å². The van der Waals surface area contributed by atoms with Gasteiger partial charge < -0.3 is 0 Å². The molecule has 2 unspecified atom stereocenters. The lowest BCUT2D eigenvalue weighted by Gasteiger charge is -2.26. The van der Waals surface area contributed by atoms with Gasteiger partial charge in [-0.2, -0.15) is 0 Å². The molecule has 1 heterocycles. The third kappa shape index (κ3) is 11.3. The Hall–Kier alpha value is -2.36. The van der Waals surface area contributed by atoms with E-state index >= 15 is 0 Å². The zero-order valence-corrected chi connectivity index (χ0v) is 24.8. The molecule has 0 spiro atoms. The van der Waals surface area contributed by atoms with E-state index in [0.717, 1.165) is 42.6 Å². The lowest BCUT2D eigenvalue weighted by atomic mass is 9.76. The Morgan fingerprint density at radius 2 is 1.33 bits per heavy atom. The van der Waals surface area contributed by atoms with Crippen LogP contribution in [0, 0.1) is 11.8 Å². The average molecular weight is 533 g/mol. The minimum Gasteiger partial charge on any atom is -0.299 e. The number of hydrogen-bond donors (Lipinski definition) is 0. The fourth-order valence-electron chi connectivity index (χ4n) is 5.91. The van der Waals surface area contributed by atoms with E-state index in [9.17, 15) is 9.59 Å². The molecule has 39 heavy (non-hydrogen) atoms. The number of rotatable bonds is 19. The Balaban J connectivity index is 1.38. The fourth-order valence-corrected chi connectivity index (χ4v) is 5.91. The number of nitrogens with zero attached hydrogens (tertiary/aromatic N) is 2. The molecule has 214 valence electrons. The summed E-state index contributed by atoms with van der Waals surface area (Å²) in [4.78, 5) is 34.9. The van der Waals surface area contributed by atoms with Crippen LogP contribution in [0.25, 0.3) is 11.4 Å². The molecule has 0 N–H and O–H groups in total. The molecule has 4 nitrogen and oxygen atoms in total. The molecular weight excluding hydrogens is 480 g/mol. The first-order valence-corrected chi connectivity index (χ1v) is 16.1. The summed E-state index contributed by atoms with van der Waals surface area (Å²) in [5, 5.41) is 0. The molecule has 1 aromatic heterocycles. The van der Waals surface area contributed by atoms with Crippen LogP contribution in [0.3, 0.4) is 0 Å². The van der Waals surface area contributed by atoms with Gasteiger partial charge in [0.25, 0.3) is 0 Å². The smallest absolute Gasteiger partial charge is 0.159 e. The SMILES string of the molecule is CCCCCCCCCCc1cnc(-c2ccc(CC(=O)C3CCC(CCCCCCC)CC3=O)cc2)nc1. The standard InChI is InChI=1S/C35H52N2O2/c1-3-5-7-9-10-11-13-15-17-30-26-36-35(37-27-30)31-21-18-29(19-22-31)25-34(39)32-23-20-28(24-33(32)38)16-14-12-8-6-4-2/h18-19,21-22,26-28,32H,3-17,20,23-25H2,1-2H3. The summed E-state index contributed by atoms with van der Waals surface area (Å²) in [5.74, 6) is 1.04. The van der Waals surface area contributed by atoms with Crippen LogP contribution in [0.2, 0.25) is 0 Å². The molecule has 3 rings (SSSR count). The van der Waals surface area contributed by atoms with Crippen LogP contribution in [0.15, 0.2) is 36.7 Å².